The Morgan fingerprint density at radius 1 is 0.897 bits per heavy atom. The van der Waals surface area contributed by atoms with Crippen LogP contribution in [0.25, 0.3) is 11.0 Å². The molecule has 0 N–H and O–H groups in total. The molecule has 0 saturated carbocycles. The number of aromatic nitrogens is 2. The lowest BCUT2D eigenvalue weighted by atomic mass is 10.2. The molecule has 0 unspecified atom stereocenters. The molecule has 0 aliphatic carbocycles. The van der Waals surface area contributed by atoms with Gasteiger partial charge in [0.1, 0.15) is 30.5 Å². The van der Waals surface area contributed by atoms with E-state index in [1.165, 1.54) is 5.56 Å². The van der Waals surface area contributed by atoms with E-state index in [-0.39, 0.29) is 0 Å². The molecule has 3 aromatic carbocycles. The summed E-state index contributed by atoms with van der Waals surface area (Å²) in [5.74, 6) is 2.40. The van der Waals surface area contributed by atoms with E-state index in [0.717, 1.165) is 29.0 Å². The average Bonchev–Trinajstić information content (AvgIpc) is 3.11. The molecule has 1 aromatic heterocycles. The third-order valence-corrected chi connectivity index (χ3v) is 5.15. The molecule has 4 rings (SSSR count). The van der Waals surface area contributed by atoms with Crippen LogP contribution >= 0.6 is 11.6 Å². The van der Waals surface area contributed by atoms with Crippen molar-refractivity contribution in [1.82, 2.24) is 9.55 Å². The number of rotatable bonds is 8. The van der Waals surface area contributed by atoms with Gasteiger partial charge in [-0.15, -0.1) is 0 Å². The highest BCUT2D eigenvalue weighted by Crippen LogP contribution is 2.24. The molecule has 4 nitrogen and oxygen atoms in total. The molecular weight excluding hydrogens is 384 g/mol. The second kappa shape index (κ2) is 9.01. The van der Waals surface area contributed by atoms with E-state index in [4.69, 9.17) is 26.1 Å². The largest absolute Gasteiger partial charge is 0.490 e. The number of fused-ring (bicyclic) bond motifs is 1. The van der Waals surface area contributed by atoms with Crippen molar-refractivity contribution in [2.75, 3.05) is 6.61 Å². The topological polar surface area (TPSA) is 36.3 Å². The van der Waals surface area contributed by atoms with Gasteiger partial charge in [-0.25, -0.2) is 4.98 Å². The van der Waals surface area contributed by atoms with Gasteiger partial charge in [0.05, 0.1) is 22.6 Å². The standard InChI is InChI=1S/C24H23ClN2O2/c1-2-18-11-13-19(14-12-18)29-17-24-26-21-8-4-5-9-22(21)27(24)15-16-28-23-10-6-3-7-20(23)25/h3-14H,2,15-17H2,1H3. The van der Waals surface area contributed by atoms with Gasteiger partial charge in [-0.3, -0.25) is 0 Å². The molecule has 29 heavy (non-hydrogen) atoms. The van der Waals surface area contributed by atoms with Crippen LogP contribution < -0.4 is 9.47 Å². The number of ether oxygens (including phenoxy) is 2. The SMILES string of the molecule is CCc1ccc(OCc2nc3ccccc3n2CCOc2ccccc2Cl)cc1. The van der Waals surface area contributed by atoms with Gasteiger partial charge < -0.3 is 14.0 Å². The molecule has 0 aliphatic rings. The van der Waals surface area contributed by atoms with E-state index in [9.17, 15) is 0 Å². The third-order valence-electron chi connectivity index (χ3n) is 4.84. The molecule has 1 heterocycles. The van der Waals surface area contributed by atoms with Crippen LogP contribution in [0.1, 0.15) is 18.3 Å². The van der Waals surface area contributed by atoms with Gasteiger partial charge in [-0.1, -0.05) is 54.9 Å². The molecule has 0 bridgehead atoms. The highest BCUT2D eigenvalue weighted by Gasteiger charge is 2.12. The van der Waals surface area contributed by atoms with Gasteiger partial charge >= 0.3 is 0 Å². The first-order valence-corrected chi connectivity index (χ1v) is 10.2. The first-order chi connectivity index (χ1) is 14.2. The monoisotopic (exact) mass is 406 g/mol. The summed E-state index contributed by atoms with van der Waals surface area (Å²) in [7, 11) is 0. The van der Waals surface area contributed by atoms with Crippen LogP contribution in [0.5, 0.6) is 11.5 Å². The fourth-order valence-corrected chi connectivity index (χ4v) is 3.45. The molecule has 148 valence electrons. The molecule has 0 radical (unpaired) electrons. The molecule has 0 fully saturated rings. The minimum Gasteiger partial charge on any atom is -0.490 e. The number of aryl methyl sites for hydroxylation is 1. The second-order valence-electron chi connectivity index (χ2n) is 6.73. The summed E-state index contributed by atoms with van der Waals surface area (Å²) in [5.41, 5.74) is 3.31. The van der Waals surface area contributed by atoms with E-state index >= 15 is 0 Å². The molecule has 4 aromatic rings. The van der Waals surface area contributed by atoms with Crippen molar-refractivity contribution < 1.29 is 9.47 Å². The minimum atomic E-state index is 0.395. The van der Waals surface area contributed by atoms with Gasteiger partial charge in [0, 0.05) is 0 Å². The van der Waals surface area contributed by atoms with Crippen LogP contribution in [0.3, 0.4) is 0 Å². The Labute approximate surface area is 175 Å². The summed E-state index contributed by atoms with van der Waals surface area (Å²) >= 11 is 6.19. The van der Waals surface area contributed by atoms with Crippen LogP contribution in [0.2, 0.25) is 5.02 Å². The van der Waals surface area contributed by atoms with E-state index in [1.54, 1.807) is 0 Å². The van der Waals surface area contributed by atoms with Crippen LogP contribution in [0.4, 0.5) is 0 Å². The molecule has 0 saturated heterocycles. The van der Waals surface area contributed by atoms with Gasteiger partial charge in [-0.05, 0) is 48.4 Å². The zero-order valence-electron chi connectivity index (χ0n) is 16.3. The lowest BCUT2D eigenvalue weighted by Crippen LogP contribution is -2.13. The fraction of sp³-hybridized carbons (Fsp3) is 0.208. The van der Waals surface area contributed by atoms with E-state index in [1.807, 2.05) is 54.6 Å². The van der Waals surface area contributed by atoms with Crippen molar-refractivity contribution in [3.8, 4) is 11.5 Å². The summed E-state index contributed by atoms with van der Waals surface area (Å²) in [6, 6.07) is 23.8. The molecular formula is C24H23ClN2O2. The Balaban J connectivity index is 1.50. The summed E-state index contributed by atoms with van der Waals surface area (Å²) in [5, 5.41) is 0.613. The number of halogens is 1. The molecule has 0 aliphatic heterocycles. The Hall–Kier alpha value is -2.98. The number of imidazole rings is 1. The number of hydrogen-bond donors (Lipinski definition) is 0. The lowest BCUT2D eigenvalue weighted by Gasteiger charge is -2.12. The van der Waals surface area contributed by atoms with Crippen molar-refractivity contribution in [3.63, 3.8) is 0 Å². The predicted molar refractivity (Wildman–Crippen MR) is 117 cm³/mol. The lowest BCUT2D eigenvalue weighted by molar-refractivity contribution is 0.272. The Morgan fingerprint density at radius 2 is 1.66 bits per heavy atom. The van der Waals surface area contributed by atoms with Crippen LogP contribution in [0.15, 0.2) is 72.8 Å². The number of hydrogen-bond acceptors (Lipinski definition) is 3. The molecule has 5 heteroatoms. The highest BCUT2D eigenvalue weighted by molar-refractivity contribution is 6.32. The van der Waals surface area contributed by atoms with Gasteiger partial charge in [0.25, 0.3) is 0 Å². The van der Waals surface area contributed by atoms with Crippen molar-refractivity contribution >= 4 is 22.6 Å². The Morgan fingerprint density at radius 3 is 2.45 bits per heavy atom. The smallest absolute Gasteiger partial charge is 0.148 e. The van der Waals surface area contributed by atoms with Crippen LogP contribution in [-0.2, 0) is 19.6 Å². The Bertz CT molecular complexity index is 1090. The van der Waals surface area contributed by atoms with E-state index in [0.29, 0.717) is 30.5 Å². The normalized spacial score (nSPS) is 11.0. The number of para-hydroxylation sites is 3. The van der Waals surface area contributed by atoms with Gasteiger partial charge in [0.2, 0.25) is 0 Å². The quantitative estimate of drug-likeness (QED) is 0.365. The van der Waals surface area contributed by atoms with E-state index in [2.05, 4.69) is 29.7 Å². The fourth-order valence-electron chi connectivity index (χ4n) is 3.26. The number of benzene rings is 3. The summed E-state index contributed by atoms with van der Waals surface area (Å²) in [6.45, 7) is 3.68. The van der Waals surface area contributed by atoms with Gasteiger partial charge in [-0.2, -0.15) is 0 Å². The van der Waals surface area contributed by atoms with Crippen molar-refractivity contribution in [3.05, 3.63) is 89.2 Å². The van der Waals surface area contributed by atoms with Crippen LogP contribution in [0, 0.1) is 0 Å². The maximum absolute atomic E-state index is 6.19. The van der Waals surface area contributed by atoms with E-state index < -0.39 is 0 Å². The molecule has 0 atom stereocenters. The second-order valence-corrected chi connectivity index (χ2v) is 7.14. The summed E-state index contributed by atoms with van der Waals surface area (Å²) in [4.78, 5) is 4.76. The summed E-state index contributed by atoms with van der Waals surface area (Å²) in [6.07, 6.45) is 1.02. The first-order valence-electron chi connectivity index (χ1n) is 9.78. The highest BCUT2D eigenvalue weighted by atomic mass is 35.5. The predicted octanol–water partition coefficient (Wildman–Crippen LogP) is 5.91. The third kappa shape index (κ3) is 4.54. The Kier molecular flexibility index (Phi) is 6.01. The minimum absolute atomic E-state index is 0.395. The zero-order chi connectivity index (χ0) is 20.1. The van der Waals surface area contributed by atoms with Crippen molar-refractivity contribution in [2.24, 2.45) is 0 Å². The molecule has 0 spiro atoms. The zero-order valence-corrected chi connectivity index (χ0v) is 17.1. The molecule has 0 amide bonds. The van der Waals surface area contributed by atoms with Gasteiger partial charge in [0.15, 0.2) is 0 Å². The summed E-state index contributed by atoms with van der Waals surface area (Å²) < 4.78 is 14.0. The van der Waals surface area contributed by atoms with Crippen LogP contribution in [-0.4, -0.2) is 16.2 Å². The maximum Gasteiger partial charge on any atom is 0.148 e. The maximum atomic E-state index is 6.19. The number of nitrogens with zero attached hydrogens (tertiary/aromatic N) is 2. The van der Waals surface area contributed by atoms with Crippen molar-refractivity contribution in [1.29, 1.82) is 0 Å². The van der Waals surface area contributed by atoms with Crippen molar-refractivity contribution in [2.45, 2.75) is 26.5 Å². The average molecular weight is 407 g/mol. The first kappa shape index (κ1) is 19.3.